The van der Waals surface area contributed by atoms with Crippen LogP contribution in [0.15, 0.2) is 18.2 Å². The lowest BCUT2D eigenvalue weighted by molar-refractivity contribution is -0.146. The number of rotatable bonds is 4. The van der Waals surface area contributed by atoms with Crippen molar-refractivity contribution >= 4 is 17.6 Å². The Morgan fingerprint density at radius 1 is 1.52 bits per heavy atom. The van der Waals surface area contributed by atoms with Gasteiger partial charge in [-0.2, -0.15) is 5.26 Å². The van der Waals surface area contributed by atoms with Crippen molar-refractivity contribution in [3.05, 3.63) is 23.8 Å². The number of carbonyl (C=O) groups is 2. The molecule has 1 atom stereocenters. The standard InChI is InChI=1S/C15H16N2O4/c1-10-3-4-13(20-2)12(7-10)17-9-11(8-14(17)18)15(19)21-6-5-16/h3-4,7,11H,6,8-9H2,1-2H3/t11-/m1/s1. The van der Waals surface area contributed by atoms with Crippen LogP contribution in [0.2, 0.25) is 0 Å². The second-order valence-electron chi connectivity index (χ2n) is 4.85. The quantitative estimate of drug-likeness (QED) is 0.783. The number of aryl methyl sites for hydroxylation is 1. The molecular weight excluding hydrogens is 272 g/mol. The van der Waals surface area contributed by atoms with Crippen molar-refractivity contribution in [1.82, 2.24) is 0 Å². The molecule has 0 spiro atoms. The summed E-state index contributed by atoms with van der Waals surface area (Å²) in [6.45, 7) is 1.86. The molecule has 21 heavy (non-hydrogen) atoms. The molecule has 0 bridgehead atoms. The van der Waals surface area contributed by atoms with Crippen molar-refractivity contribution in [2.45, 2.75) is 13.3 Å². The van der Waals surface area contributed by atoms with Crippen molar-refractivity contribution in [3.8, 4) is 11.8 Å². The normalized spacial score (nSPS) is 17.5. The molecule has 0 radical (unpaired) electrons. The van der Waals surface area contributed by atoms with Crippen LogP contribution in [0.3, 0.4) is 0 Å². The van der Waals surface area contributed by atoms with Gasteiger partial charge in [-0.05, 0) is 24.6 Å². The maximum absolute atomic E-state index is 12.1. The van der Waals surface area contributed by atoms with Crippen LogP contribution in [0.5, 0.6) is 5.75 Å². The minimum atomic E-state index is -0.545. The highest BCUT2D eigenvalue weighted by Crippen LogP contribution is 2.34. The lowest BCUT2D eigenvalue weighted by Crippen LogP contribution is -2.27. The average Bonchev–Trinajstić information content (AvgIpc) is 2.86. The highest BCUT2D eigenvalue weighted by molar-refractivity contribution is 6.00. The lowest BCUT2D eigenvalue weighted by atomic mass is 10.1. The summed E-state index contributed by atoms with van der Waals surface area (Å²) in [6.07, 6.45) is 0.0847. The molecule has 1 fully saturated rings. The Bertz CT molecular complexity index is 606. The fraction of sp³-hybridized carbons (Fsp3) is 0.400. The molecule has 0 saturated carbocycles. The summed E-state index contributed by atoms with van der Waals surface area (Å²) in [5.41, 5.74) is 1.65. The number of esters is 1. The molecule has 1 saturated heterocycles. The Morgan fingerprint density at radius 2 is 2.29 bits per heavy atom. The topological polar surface area (TPSA) is 79.6 Å². The van der Waals surface area contributed by atoms with Crippen molar-refractivity contribution in [2.75, 3.05) is 25.2 Å². The summed E-state index contributed by atoms with van der Waals surface area (Å²) in [6, 6.07) is 7.27. The molecule has 0 aliphatic carbocycles. The van der Waals surface area contributed by atoms with Gasteiger partial charge >= 0.3 is 5.97 Å². The maximum atomic E-state index is 12.1. The first-order valence-corrected chi connectivity index (χ1v) is 6.55. The van der Waals surface area contributed by atoms with Gasteiger partial charge in [0.05, 0.1) is 18.7 Å². The van der Waals surface area contributed by atoms with Crippen LogP contribution in [0.1, 0.15) is 12.0 Å². The van der Waals surface area contributed by atoms with Crippen LogP contribution in [-0.4, -0.2) is 32.1 Å². The number of ether oxygens (including phenoxy) is 2. The molecule has 0 aromatic heterocycles. The third-order valence-corrected chi connectivity index (χ3v) is 3.36. The van der Waals surface area contributed by atoms with Crippen molar-refractivity contribution in [2.24, 2.45) is 5.92 Å². The van der Waals surface area contributed by atoms with Crippen LogP contribution in [0.4, 0.5) is 5.69 Å². The first-order chi connectivity index (χ1) is 10.1. The van der Waals surface area contributed by atoms with E-state index in [9.17, 15) is 9.59 Å². The molecule has 110 valence electrons. The van der Waals surface area contributed by atoms with Gasteiger partial charge in [-0.15, -0.1) is 0 Å². The van der Waals surface area contributed by atoms with Gasteiger partial charge in [0.15, 0.2) is 6.61 Å². The second-order valence-corrected chi connectivity index (χ2v) is 4.85. The molecule has 1 aliphatic rings. The van der Waals surface area contributed by atoms with E-state index in [2.05, 4.69) is 0 Å². The van der Waals surface area contributed by atoms with E-state index in [4.69, 9.17) is 14.7 Å². The molecule has 6 nitrogen and oxygen atoms in total. The number of hydrogen-bond acceptors (Lipinski definition) is 5. The molecule has 0 unspecified atom stereocenters. The smallest absolute Gasteiger partial charge is 0.312 e. The fourth-order valence-electron chi connectivity index (χ4n) is 2.33. The van der Waals surface area contributed by atoms with E-state index < -0.39 is 11.9 Å². The number of nitriles is 1. The van der Waals surface area contributed by atoms with Gasteiger partial charge in [0.25, 0.3) is 0 Å². The van der Waals surface area contributed by atoms with Crippen LogP contribution in [-0.2, 0) is 14.3 Å². The van der Waals surface area contributed by atoms with Gasteiger partial charge in [-0.25, -0.2) is 0 Å². The second kappa shape index (κ2) is 6.27. The first kappa shape index (κ1) is 14.9. The zero-order valence-corrected chi connectivity index (χ0v) is 12.0. The van der Waals surface area contributed by atoms with E-state index in [0.29, 0.717) is 11.4 Å². The monoisotopic (exact) mass is 288 g/mol. The van der Waals surface area contributed by atoms with Crippen molar-refractivity contribution in [3.63, 3.8) is 0 Å². The van der Waals surface area contributed by atoms with Gasteiger partial charge in [0.1, 0.15) is 11.8 Å². The highest BCUT2D eigenvalue weighted by Gasteiger charge is 2.37. The van der Waals surface area contributed by atoms with Gasteiger partial charge in [-0.3, -0.25) is 9.59 Å². The molecule has 0 N–H and O–H groups in total. The molecular formula is C15H16N2O4. The summed E-state index contributed by atoms with van der Waals surface area (Å²) in [4.78, 5) is 25.4. The van der Waals surface area contributed by atoms with Crippen LogP contribution < -0.4 is 9.64 Å². The van der Waals surface area contributed by atoms with Gasteiger partial charge in [0, 0.05) is 13.0 Å². The Morgan fingerprint density at radius 3 is 2.95 bits per heavy atom. The van der Waals surface area contributed by atoms with E-state index >= 15 is 0 Å². The van der Waals surface area contributed by atoms with E-state index in [-0.39, 0.29) is 25.5 Å². The summed E-state index contributed by atoms with van der Waals surface area (Å²) in [5, 5.41) is 8.42. The molecule has 1 aromatic carbocycles. The molecule has 1 amide bonds. The highest BCUT2D eigenvalue weighted by atomic mass is 16.5. The van der Waals surface area contributed by atoms with Gasteiger partial charge in [-0.1, -0.05) is 6.07 Å². The molecule has 1 aromatic rings. The molecule has 2 rings (SSSR count). The molecule has 6 heteroatoms. The number of hydrogen-bond donors (Lipinski definition) is 0. The van der Waals surface area contributed by atoms with Gasteiger partial charge < -0.3 is 14.4 Å². The fourth-order valence-corrected chi connectivity index (χ4v) is 2.33. The zero-order valence-electron chi connectivity index (χ0n) is 12.0. The molecule has 1 aliphatic heterocycles. The van der Waals surface area contributed by atoms with Crippen molar-refractivity contribution < 1.29 is 19.1 Å². The van der Waals surface area contributed by atoms with E-state index in [1.54, 1.807) is 12.1 Å². The Labute approximate surface area is 122 Å². The van der Waals surface area contributed by atoms with E-state index in [0.717, 1.165) is 5.56 Å². The SMILES string of the molecule is COc1ccc(C)cc1N1C[C@H](C(=O)OCC#N)CC1=O. The van der Waals surface area contributed by atoms with Crippen LogP contribution in [0.25, 0.3) is 0 Å². The largest absolute Gasteiger partial charge is 0.495 e. The number of anilines is 1. The Kier molecular flexibility index (Phi) is 4.43. The Balaban J connectivity index is 2.19. The van der Waals surface area contributed by atoms with Crippen molar-refractivity contribution in [1.29, 1.82) is 5.26 Å². The van der Waals surface area contributed by atoms with E-state index in [1.165, 1.54) is 12.0 Å². The van der Waals surface area contributed by atoms with Gasteiger partial charge in [0.2, 0.25) is 5.91 Å². The minimum absolute atomic E-state index is 0.0847. The number of methoxy groups -OCH3 is 1. The first-order valence-electron chi connectivity index (χ1n) is 6.55. The third-order valence-electron chi connectivity index (χ3n) is 3.36. The predicted octanol–water partition coefficient (Wildman–Crippen LogP) is 1.42. The number of amides is 1. The third kappa shape index (κ3) is 3.14. The lowest BCUT2D eigenvalue weighted by Gasteiger charge is -2.20. The number of nitrogens with zero attached hydrogens (tertiary/aromatic N) is 2. The van der Waals surface area contributed by atoms with E-state index in [1.807, 2.05) is 19.1 Å². The van der Waals surface area contributed by atoms with Crippen LogP contribution >= 0.6 is 0 Å². The summed E-state index contributed by atoms with van der Waals surface area (Å²) in [5.74, 6) is -0.632. The maximum Gasteiger partial charge on any atom is 0.312 e. The number of carbonyl (C=O) groups excluding carboxylic acids is 2. The zero-order chi connectivity index (χ0) is 15.4. The molecule has 1 heterocycles. The number of benzene rings is 1. The average molecular weight is 288 g/mol. The predicted molar refractivity (Wildman–Crippen MR) is 74.8 cm³/mol. The Hall–Kier alpha value is -2.55. The summed E-state index contributed by atoms with van der Waals surface area (Å²) in [7, 11) is 1.54. The summed E-state index contributed by atoms with van der Waals surface area (Å²) >= 11 is 0. The van der Waals surface area contributed by atoms with Crippen LogP contribution in [0, 0.1) is 24.2 Å². The summed E-state index contributed by atoms with van der Waals surface area (Å²) < 4.78 is 10.0. The minimum Gasteiger partial charge on any atom is -0.495 e.